The van der Waals surface area contributed by atoms with Gasteiger partial charge in [-0.05, 0) is 19.1 Å². The SMILES string of the molecule is CNc1nnc(-c2cnn(-c3ccccc3Cl)c2C)s1. The summed E-state index contributed by atoms with van der Waals surface area (Å²) in [4.78, 5) is 0. The number of aromatic nitrogens is 4. The Bertz CT molecular complexity index is 749. The van der Waals surface area contributed by atoms with Gasteiger partial charge in [-0.3, -0.25) is 0 Å². The van der Waals surface area contributed by atoms with Gasteiger partial charge >= 0.3 is 0 Å². The van der Waals surface area contributed by atoms with E-state index in [0.29, 0.717) is 5.02 Å². The van der Waals surface area contributed by atoms with Gasteiger partial charge < -0.3 is 5.32 Å². The molecule has 7 heteroatoms. The molecule has 0 atom stereocenters. The van der Waals surface area contributed by atoms with Gasteiger partial charge in [0.25, 0.3) is 0 Å². The normalized spacial score (nSPS) is 10.8. The van der Waals surface area contributed by atoms with Crippen molar-refractivity contribution in [3.63, 3.8) is 0 Å². The van der Waals surface area contributed by atoms with Crippen molar-refractivity contribution in [2.75, 3.05) is 12.4 Å². The fourth-order valence-corrected chi connectivity index (χ4v) is 2.89. The highest BCUT2D eigenvalue weighted by molar-refractivity contribution is 7.18. The lowest BCUT2D eigenvalue weighted by atomic mass is 10.2. The molecule has 2 aromatic heterocycles. The summed E-state index contributed by atoms with van der Waals surface area (Å²) in [5.41, 5.74) is 2.80. The van der Waals surface area contributed by atoms with Gasteiger partial charge in [0.2, 0.25) is 5.13 Å². The van der Waals surface area contributed by atoms with Gasteiger partial charge in [0.15, 0.2) is 5.01 Å². The standard InChI is InChI=1S/C13H12ClN5S/c1-8-9(12-17-18-13(15-2)20-12)7-16-19(8)11-6-4-3-5-10(11)14/h3-7H,1-2H3,(H,15,18). The quantitative estimate of drug-likeness (QED) is 0.806. The molecule has 102 valence electrons. The molecule has 0 spiro atoms. The van der Waals surface area contributed by atoms with Crippen LogP contribution in [0.2, 0.25) is 5.02 Å². The Labute approximate surface area is 125 Å². The molecule has 0 aliphatic heterocycles. The van der Waals surface area contributed by atoms with Gasteiger partial charge in [-0.2, -0.15) is 5.10 Å². The van der Waals surface area contributed by atoms with Gasteiger partial charge in [0, 0.05) is 7.05 Å². The summed E-state index contributed by atoms with van der Waals surface area (Å²) in [5, 5.41) is 17.9. The second-order valence-corrected chi connectivity index (χ2v) is 5.55. The predicted molar refractivity (Wildman–Crippen MR) is 81.8 cm³/mol. The highest BCUT2D eigenvalue weighted by Crippen LogP contribution is 2.30. The molecule has 3 aromatic rings. The lowest BCUT2D eigenvalue weighted by molar-refractivity contribution is 0.847. The monoisotopic (exact) mass is 305 g/mol. The first-order valence-electron chi connectivity index (χ1n) is 6.02. The third kappa shape index (κ3) is 2.17. The molecule has 2 heterocycles. The number of nitrogens with one attached hydrogen (secondary N) is 1. The molecule has 0 saturated heterocycles. The Balaban J connectivity index is 2.07. The smallest absolute Gasteiger partial charge is 0.205 e. The third-order valence-corrected chi connectivity index (χ3v) is 4.25. The highest BCUT2D eigenvalue weighted by Gasteiger charge is 2.15. The first-order valence-corrected chi connectivity index (χ1v) is 7.21. The lowest BCUT2D eigenvalue weighted by Crippen LogP contribution is -1.99. The second-order valence-electron chi connectivity index (χ2n) is 4.17. The maximum absolute atomic E-state index is 6.22. The van der Waals surface area contributed by atoms with Gasteiger partial charge in [0.1, 0.15) is 0 Å². The summed E-state index contributed by atoms with van der Waals surface area (Å²) in [6, 6.07) is 7.62. The zero-order valence-corrected chi connectivity index (χ0v) is 12.5. The van der Waals surface area contributed by atoms with Gasteiger partial charge in [0.05, 0.1) is 28.2 Å². The summed E-state index contributed by atoms with van der Waals surface area (Å²) < 4.78 is 1.82. The van der Waals surface area contributed by atoms with E-state index in [1.165, 1.54) is 11.3 Å². The number of hydrogen-bond acceptors (Lipinski definition) is 5. The van der Waals surface area contributed by atoms with Crippen molar-refractivity contribution in [3.05, 3.63) is 41.2 Å². The zero-order chi connectivity index (χ0) is 14.1. The maximum Gasteiger partial charge on any atom is 0.205 e. The van der Waals surface area contributed by atoms with Crippen molar-refractivity contribution in [1.82, 2.24) is 20.0 Å². The molecule has 0 amide bonds. The van der Waals surface area contributed by atoms with Crippen LogP contribution in [0.5, 0.6) is 0 Å². The minimum atomic E-state index is 0.665. The van der Waals surface area contributed by atoms with E-state index in [2.05, 4.69) is 20.6 Å². The van der Waals surface area contributed by atoms with E-state index in [1.807, 2.05) is 42.9 Å². The molecule has 0 aliphatic rings. The topological polar surface area (TPSA) is 55.6 Å². The Morgan fingerprint density at radius 2 is 2.05 bits per heavy atom. The molecule has 0 aliphatic carbocycles. The van der Waals surface area contributed by atoms with Crippen molar-refractivity contribution in [2.24, 2.45) is 0 Å². The molecule has 20 heavy (non-hydrogen) atoms. The summed E-state index contributed by atoms with van der Waals surface area (Å²) in [5.74, 6) is 0. The van der Waals surface area contributed by atoms with Crippen LogP contribution in [0.25, 0.3) is 16.3 Å². The molecule has 3 rings (SSSR count). The Kier molecular flexibility index (Phi) is 3.42. The molecule has 0 bridgehead atoms. The Hall–Kier alpha value is -1.92. The molecule has 0 fully saturated rings. The largest absolute Gasteiger partial charge is 0.363 e. The van der Waals surface area contributed by atoms with E-state index in [9.17, 15) is 0 Å². The van der Waals surface area contributed by atoms with Gasteiger partial charge in [-0.25, -0.2) is 4.68 Å². The van der Waals surface area contributed by atoms with Gasteiger partial charge in [-0.1, -0.05) is 35.1 Å². The fraction of sp³-hybridized carbons (Fsp3) is 0.154. The molecule has 5 nitrogen and oxygen atoms in total. The van der Waals surface area contributed by atoms with E-state index in [-0.39, 0.29) is 0 Å². The number of para-hydroxylation sites is 1. The van der Waals surface area contributed by atoms with Crippen molar-refractivity contribution >= 4 is 28.1 Å². The van der Waals surface area contributed by atoms with Crippen LogP contribution in [0.15, 0.2) is 30.5 Å². The van der Waals surface area contributed by atoms with Crippen molar-refractivity contribution in [3.8, 4) is 16.3 Å². The summed E-state index contributed by atoms with van der Waals surface area (Å²) in [7, 11) is 1.82. The predicted octanol–water partition coefficient (Wildman–Crippen LogP) is 3.39. The van der Waals surface area contributed by atoms with Crippen LogP contribution >= 0.6 is 22.9 Å². The number of benzene rings is 1. The van der Waals surface area contributed by atoms with E-state index < -0.39 is 0 Å². The summed E-state index contributed by atoms with van der Waals surface area (Å²) in [6.07, 6.45) is 1.79. The molecule has 0 radical (unpaired) electrons. The third-order valence-electron chi connectivity index (χ3n) is 2.96. The van der Waals surface area contributed by atoms with Crippen LogP contribution in [-0.2, 0) is 0 Å². The first kappa shape index (κ1) is 13.1. The minimum Gasteiger partial charge on any atom is -0.363 e. The number of anilines is 1. The van der Waals surface area contributed by atoms with E-state index >= 15 is 0 Å². The fourth-order valence-electron chi connectivity index (χ4n) is 1.92. The van der Waals surface area contributed by atoms with Crippen molar-refractivity contribution in [1.29, 1.82) is 0 Å². The summed E-state index contributed by atoms with van der Waals surface area (Å²) >= 11 is 7.71. The zero-order valence-electron chi connectivity index (χ0n) is 11.0. The molecule has 0 unspecified atom stereocenters. The summed E-state index contributed by atoms with van der Waals surface area (Å²) in [6.45, 7) is 1.99. The molecule has 1 N–H and O–H groups in total. The average Bonchev–Trinajstić information content (AvgIpc) is 3.06. The van der Waals surface area contributed by atoms with Crippen LogP contribution in [0.3, 0.4) is 0 Å². The molecule has 1 aromatic carbocycles. The Morgan fingerprint density at radius 3 is 2.75 bits per heavy atom. The number of halogens is 1. The van der Waals surface area contributed by atoms with Crippen LogP contribution in [0.1, 0.15) is 5.69 Å². The minimum absolute atomic E-state index is 0.665. The number of hydrogen-bond donors (Lipinski definition) is 1. The van der Waals surface area contributed by atoms with Crippen LogP contribution in [0.4, 0.5) is 5.13 Å². The van der Waals surface area contributed by atoms with Crippen molar-refractivity contribution in [2.45, 2.75) is 6.92 Å². The van der Waals surface area contributed by atoms with Crippen LogP contribution < -0.4 is 5.32 Å². The average molecular weight is 306 g/mol. The second kappa shape index (κ2) is 5.22. The molecular formula is C13H12ClN5S. The van der Waals surface area contributed by atoms with Crippen molar-refractivity contribution < 1.29 is 0 Å². The van der Waals surface area contributed by atoms with E-state index in [4.69, 9.17) is 11.6 Å². The molecular weight excluding hydrogens is 294 g/mol. The van der Waals surface area contributed by atoms with Gasteiger partial charge in [-0.15, -0.1) is 10.2 Å². The maximum atomic E-state index is 6.22. The lowest BCUT2D eigenvalue weighted by Gasteiger charge is -2.06. The molecule has 0 saturated carbocycles. The van der Waals surface area contributed by atoms with E-state index in [0.717, 1.165) is 27.1 Å². The van der Waals surface area contributed by atoms with Crippen LogP contribution in [0, 0.1) is 6.92 Å². The van der Waals surface area contributed by atoms with E-state index in [1.54, 1.807) is 6.20 Å². The first-order chi connectivity index (χ1) is 9.70. The number of nitrogens with zero attached hydrogens (tertiary/aromatic N) is 4. The Morgan fingerprint density at radius 1 is 1.25 bits per heavy atom. The van der Waals surface area contributed by atoms with Crippen LogP contribution in [-0.4, -0.2) is 27.0 Å². The number of rotatable bonds is 3. The highest BCUT2D eigenvalue weighted by atomic mass is 35.5.